The van der Waals surface area contributed by atoms with Crippen molar-refractivity contribution in [1.29, 1.82) is 0 Å². The van der Waals surface area contributed by atoms with E-state index in [2.05, 4.69) is 4.72 Å². The van der Waals surface area contributed by atoms with E-state index in [1.54, 1.807) is 29.8 Å². The fraction of sp³-hybridized carbons (Fsp3) is 0.632. The second-order valence-corrected chi connectivity index (χ2v) is 11.2. The molecule has 154 valence electrons. The van der Waals surface area contributed by atoms with Crippen LogP contribution in [0.4, 0.5) is 0 Å². The van der Waals surface area contributed by atoms with E-state index in [4.69, 9.17) is 23.2 Å². The highest BCUT2D eigenvalue weighted by atomic mass is 35.5. The largest absolute Gasteiger partial charge is 0.328 e. The van der Waals surface area contributed by atoms with E-state index in [0.29, 0.717) is 17.6 Å². The Morgan fingerprint density at radius 2 is 1.82 bits per heavy atom. The highest BCUT2D eigenvalue weighted by molar-refractivity contribution is 7.89. The molecule has 2 aliphatic carbocycles. The van der Waals surface area contributed by atoms with Gasteiger partial charge < -0.3 is 0 Å². The zero-order chi connectivity index (χ0) is 20.3. The van der Waals surface area contributed by atoms with Gasteiger partial charge in [-0.15, -0.1) is 23.2 Å². The first-order chi connectivity index (χ1) is 13.1. The molecule has 6 nitrogen and oxygen atoms in total. The fourth-order valence-electron chi connectivity index (χ4n) is 4.01. The van der Waals surface area contributed by atoms with Crippen molar-refractivity contribution in [2.45, 2.75) is 66.8 Å². The van der Waals surface area contributed by atoms with Gasteiger partial charge in [0, 0.05) is 35.8 Å². The predicted molar refractivity (Wildman–Crippen MR) is 112 cm³/mol. The van der Waals surface area contributed by atoms with Gasteiger partial charge in [0.1, 0.15) is 0 Å². The molecule has 2 aliphatic rings. The third-order valence-corrected chi connectivity index (χ3v) is 8.81. The summed E-state index contributed by atoms with van der Waals surface area (Å²) in [5.41, 5.74) is 0.742. The van der Waals surface area contributed by atoms with Crippen molar-refractivity contribution in [3.63, 3.8) is 0 Å². The Kier molecular flexibility index (Phi) is 5.10. The van der Waals surface area contributed by atoms with Gasteiger partial charge >= 0.3 is 5.69 Å². The summed E-state index contributed by atoms with van der Waals surface area (Å²) >= 11 is 13.0. The molecule has 0 aliphatic heterocycles. The Hall–Kier alpha value is -1.02. The molecule has 2 atom stereocenters. The standard InChI is InChI=1S/C19H25Cl2N3O3S/c1-19(8-9-19)22-28(26,27)12-6-7-16-17(10-12)23(2)18(25)24(16)11-13-14(20)4-3-5-15(13)21/h6-7,10,13-15,22H,3-5,8-9,11H2,1-2H3. The number of fused-ring (bicyclic) bond motifs is 1. The molecule has 28 heavy (non-hydrogen) atoms. The second kappa shape index (κ2) is 7.04. The summed E-state index contributed by atoms with van der Waals surface area (Å²) in [6, 6.07) is 4.83. The minimum absolute atomic E-state index is 0.000255. The maximum atomic E-state index is 12.8. The molecule has 2 aromatic rings. The van der Waals surface area contributed by atoms with Crippen molar-refractivity contribution >= 4 is 44.3 Å². The lowest BCUT2D eigenvalue weighted by Gasteiger charge is -2.31. The van der Waals surface area contributed by atoms with E-state index in [-0.39, 0.29) is 32.8 Å². The van der Waals surface area contributed by atoms with Crippen LogP contribution in [0.1, 0.15) is 39.0 Å². The van der Waals surface area contributed by atoms with Gasteiger partial charge in [0.25, 0.3) is 0 Å². The molecule has 4 rings (SSSR count). The quantitative estimate of drug-likeness (QED) is 0.718. The number of benzene rings is 1. The highest BCUT2D eigenvalue weighted by Crippen LogP contribution is 2.36. The molecule has 2 unspecified atom stereocenters. The average molecular weight is 446 g/mol. The smallest absolute Gasteiger partial charge is 0.295 e. The zero-order valence-electron chi connectivity index (χ0n) is 16.0. The van der Waals surface area contributed by atoms with Crippen LogP contribution >= 0.6 is 23.2 Å². The molecule has 1 aromatic heterocycles. The first kappa shape index (κ1) is 20.3. The molecular weight excluding hydrogens is 421 g/mol. The van der Waals surface area contributed by atoms with Gasteiger partial charge in [-0.2, -0.15) is 0 Å². The molecule has 0 spiro atoms. The SMILES string of the molecule is Cn1c(=O)n(CC2C(Cl)CCCC2Cl)c2ccc(S(=O)(=O)NC3(C)CC3)cc21. The number of sulfonamides is 1. The molecule has 1 heterocycles. The average Bonchev–Trinajstić information content (AvgIpc) is 3.30. The number of alkyl halides is 2. The summed E-state index contributed by atoms with van der Waals surface area (Å²) < 4.78 is 31.3. The number of aryl methyl sites for hydroxylation is 1. The van der Waals surface area contributed by atoms with Gasteiger partial charge in [-0.3, -0.25) is 9.13 Å². The second-order valence-electron chi connectivity index (χ2n) is 8.40. The number of rotatable bonds is 5. The predicted octanol–water partition coefficient (Wildman–Crippen LogP) is 3.19. The van der Waals surface area contributed by atoms with Crippen LogP contribution in [0.2, 0.25) is 0 Å². The van der Waals surface area contributed by atoms with E-state index in [9.17, 15) is 13.2 Å². The van der Waals surface area contributed by atoms with Crippen molar-refractivity contribution in [3.8, 4) is 0 Å². The van der Waals surface area contributed by atoms with Crippen LogP contribution in [0, 0.1) is 5.92 Å². The van der Waals surface area contributed by atoms with E-state index < -0.39 is 10.0 Å². The van der Waals surface area contributed by atoms with E-state index in [0.717, 1.165) is 32.1 Å². The summed E-state index contributed by atoms with van der Waals surface area (Å²) in [6.07, 6.45) is 4.45. The van der Waals surface area contributed by atoms with Crippen LogP contribution in [0.3, 0.4) is 0 Å². The summed E-state index contributed by atoms with van der Waals surface area (Å²) in [7, 11) is -1.97. The minimum atomic E-state index is -3.63. The molecule has 0 saturated heterocycles. The number of hydrogen-bond acceptors (Lipinski definition) is 3. The third kappa shape index (κ3) is 3.62. The van der Waals surface area contributed by atoms with Crippen LogP contribution in [-0.2, 0) is 23.6 Å². The molecule has 0 bridgehead atoms. The van der Waals surface area contributed by atoms with Gasteiger partial charge in [0.2, 0.25) is 10.0 Å². The number of hydrogen-bond donors (Lipinski definition) is 1. The van der Waals surface area contributed by atoms with E-state index in [1.807, 2.05) is 6.92 Å². The molecule has 0 amide bonds. The first-order valence-electron chi connectivity index (χ1n) is 9.63. The number of nitrogens with zero attached hydrogens (tertiary/aromatic N) is 2. The molecule has 0 radical (unpaired) electrons. The van der Waals surface area contributed by atoms with Gasteiger partial charge in [-0.25, -0.2) is 17.9 Å². The number of aromatic nitrogens is 2. The Balaban J connectivity index is 1.72. The number of imidazole rings is 1. The maximum absolute atomic E-state index is 12.8. The Labute approximate surface area is 174 Å². The highest BCUT2D eigenvalue weighted by Gasteiger charge is 2.41. The van der Waals surface area contributed by atoms with E-state index >= 15 is 0 Å². The molecule has 9 heteroatoms. The summed E-state index contributed by atoms with van der Waals surface area (Å²) in [5, 5.41) is -0.136. The molecule has 1 aromatic carbocycles. The Bertz CT molecular complexity index is 1060. The van der Waals surface area contributed by atoms with Gasteiger partial charge in [-0.1, -0.05) is 6.42 Å². The summed E-state index contributed by atoms with van der Waals surface area (Å²) in [6.45, 7) is 2.32. The fourth-order valence-corrected chi connectivity index (χ4v) is 6.38. The molecule has 2 fully saturated rings. The van der Waals surface area contributed by atoms with Crippen molar-refractivity contribution in [2.24, 2.45) is 13.0 Å². The molecule has 1 N–H and O–H groups in total. The summed E-state index contributed by atoms with van der Waals surface area (Å²) in [4.78, 5) is 13.0. The zero-order valence-corrected chi connectivity index (χ0v) is 18.3. The minimum Gasteiger partial charge on any atom is -0.295 e. The van der Waals surface area contributed by atoms with Crippen molar-refractivity contribution in [3.05, 3.63) is 28.7 Å². The monoisotopic (exact) mass is 445 g/mol. The molecule has 2 saturated carbocycles. The van der Waals surface area contributed by atoms with E-state index in [1.165, 1.54) is 4.57 Å². The topological polar surface area (TPSA) is 73.1 Å². The van der Waals surface area contributed by atoms with Gasteiger partial charge in [-0.05, 0) is 50.8 Å². The maximum Gasteiger partial charge on any atom is 0.328 e. The Morgan fingerprint density at radius 3 is 2.43 bits per heavy atom. The third-order valence-electron chi connectivity index (χ3n) is 6.09. The van der Waals surface area contributed by atoms with Crippen LogP contribution in [0.15, 0.2) is 27.9 Å². The molecular formula is C19H25Cl2N3O3S. The van der Waals surface area contributed by atoms with Gasteiger partial charge in [0.05, 0.1) is 15.9 Å². The van der Waals surface area contributed by atoms with Crippen molar-refractivity contribution in [1.82, 2.24) is 13.9 Å². The van der Waals surface area contributed by atoms with Crippen LogP contribution in [0.5, 0.6) is 0 Å². The Morgan fingerprint density at radius 1 is 1.18 bits per heavy atom. The number of halogens is 2. The lowest BCUT2D eigenvalue weighted by molar-refractivity contribution is 0.331. The number of nitrogens with one attached hydrogen (secondary N) is 1. The lowest BCUT2D eigenvalue weighted by atomic mass is 9.88. The van der Waals surface area contributed by atoms with Crippen LogP contribution < -0.4 is 10.4 Å². The van der Waals surface area contributed by atoms with Crippen LogP contribution in [0.25, 0.3) is 11.0 Å². The first-order valence-corrected chi connectivity index (χ1v) is 12.0. The normalized spacial score (nSPS) is 27.2. The van der Waals surface area contributed by atoms with Crippen LogP contribution in [-0.4, -0.2) is 33.8 Å². The van der Waals surface area contributed by atoms with Gasteiger partial charge in [0.15, 0.2) is 0 Å². The van der Waals surface area contributed by atoms with Crippen molar-refractivity contribution < 1.29 is 8.42 Å². The van der Waals surface area contributed by atoms with Crippen molar-refractivity contribution in [2.75, 3.05) is 0 Å². The summed E-state index contributed by atoms with van der Waals surface area (Å²) in [5.74, 6) is 0.000255. The lowest BCUT2D eigenvalue weighted by Crippen LogP contribution is -2.36.